The number of esters is 7. The van der Waals surface area contributed by atoms with Crippen molar-refractivity contribution < 1.29 is 85.7 Å². The fraction of sp³-hybridized carbons (Fsp3) is 0.210. The summed E-state index contributed by atoms with van der Waals surface area (Å²) in [6, 6.07) is 55.1. The lowest BCUT2D eigenvalue weighted by Crippen LogP contribution is -2.65. The Balaban J connectivity index is 1.13. The maximum atomic E-state index is 14.3. The zero-order valence-corrected chi connectivity index (χ0v) is 42.7. The summed E-state index contributed by atoms with van der Waals surface area (Å²) in [5.74, 6) is -6.36. The first-order chi connectivity index (χ1) is 39.0. The highest BCUT2D eigenvalue weighted by atomic mass is 16.8. The first-order valence-corrected chi connectivity index (χ1v) is 25.3. The van der Waals surface area contributed by atoms with Gasteiger partial charge in [0, 0.05) is 7.11 Å². The molecule has 2 heterocycles. The van der Waals surface area contributed by atoms with Crippen molar-refractivity contribution in [1.29, 1.82) is 0 Å². The van der Waals surface area contributed by atoms with E-state index in [9.17, 15) is 33.6 Å². The lowest BCUT2D eigenvalue weighted by molar-refractivity contribution is -0.325. The maximum Gasteiger partial charge on any atom is 0.338 e. The summed E-state index contributed by atoms with van der Waals surface area (Å²) in [4.78, 5) is 98.6. The van der Waals surface area contributed by atoms with Crippen molar-refractivity contribution in [3.05, 3.63) is 251 Å². The fourth-order valence-corrected chi connectivity index (χ4v) is 8.75. The number of methoxy groups -OCH3 is 1. The van der Waals surface area contributed by atoms with Crippen LogP contribution < -0.4 is 0 Å². The quantitative estimate of drug-likeness (QED) is 0.0549. The lowest BCUT2D eigenvalue weighted by atomic mass is 9.96. The summed E-state index contributed by atoms with van der Waals surface area (Å²) in [5.41, 5.74) is 0.591. The van der Waals surface area contributed by atoms with Gasteiger partial charge >= 0.3 is 41.8 Å². The van der Waals surface area contributed by atoms with Crippen molar-refractivity contribution in [3.63, 3.8) is 0 Å². The molecule has 7 aromatic rings. The summed E-state index contributed by atoms with van der Waals surface area (Å²) in [6.07, 6.45) is -16.9. The van der Waals surface area contributed by atoms with E-state index in [1.165, 1.54) is 92.0 Å². The van der Waals surface area contributed by atoms with Crippen LogP contribution in [0.1, 0.15) is 72.5 Å². The van der Waals surface area contributed by atoms with Gasteiger partial charge in [0.1, 0.15) is 18.8 Å². The highest BCUT2D eigenvalue weighted by Gasteiger charge is 2.56. The number of benzene rings is 7. The standard InChI is InChI=1S/C62H52O18/c1-70-61-52(79-59(68)44-33-19-7-20-34-44)50(77-57(66)42-29-15-5-16-30-42)49(76-56(65)41-27-13-4-14-28-41)47(73-61)38-72-62-53(80-60(69)45-35-21-8-22-36-45)51(78-58(67)43-31-17-6-18-32-43)48(75-55(64)40-25-11-3-12-26-40)46(74-62)37-71-54(63)39-23-9-2-10-24-39/h2-36,46-53,61-62H,37-38H2,1H3/t46-,47-,48-,49-,50+,51+,52-,53-,61+,62-/m1/s1. The molecule has 0 N–H and O–H groups in total. The smallest absolute Gasteiger partial charge is 0.338 e. The van der Waals surface area contributed by atoms with E-state index >= 15 is 0 Å². The summed E-state index contributed by atoms with van der Waals surface area (Å²) >= 11 is 0. The van der Waals surface area contributed by atoms with Gasteiger partial charge in [0.05, 0.1) is 45.6 Å². The van der Waals surface area contributed by atoms with Crippen LogP contribution in [0.2, 0.25) is 0 Å². The first kappa shape index (κ1) is 55.4. The fourth-order valence-electron chi connectivity index (χ4n) is 8.75. The summed E-state index contributed by atoms with van der Waals surface area (Å²) in [5, 5.41) is 0. The molecule has 0 spiro atoms. The van der Waals surface area contributed by atoms with E-state index in [1.54, 1.807) is 127 Å². The van der Waals surface area contributed by atoms with Crippen molar-refractivity contribution in [2.45, 2.75) is 61.4 Å². The van der Waals surface area contributed by atoms with E-state index in [4.69, 9.17) is 52.1 Å². The third kappa shape index (κ3) is 13.9. The Bertz CT molecular complexity index is 3190. The lowest BCUT2D eigenvalue weighted by Gasteiger charge is -2.46. The molecule has 0 saturated carbocycles. The Morgan fingerprint density at radius 1 is 0.300 bits per heavy atom. The molecule has 18 nitrogen and oxygen atoms in total. The Labute approximate surface area is 458 Å². The van der Waals surface area contributed by atoms with E-state index in [0.717, 1.165) is 0 Å². The van der Waals surface area contributed by atoms with Gasteiger partial charge in [-0.1, -0.05) is 127 Å². The van der Waals surface area contributed by atoms with Crippen molar-refractivity contribution in [3.8, 4) is 0 Å². The summed E-state index contributed by atoms with van der Waals surface area (Å²) in [6.45, 7) is -1.40. The van der Waals surface area contributed by atoms with E-state index in [-0.39, 0.29) is 38.9 Å². The molecule has 0 amide bonds. The van der Waals surface area contributed by atoms with Crippen LogP contribution in [0.5, 0.6) is 0 Å². The molecule has 0 aromatic heterocycles. The summed E-state index contributed by atoms with van der Waals surface area (Å²) < 4.78 is 68.3. The average Bonchev–Trinajstić information content (AvgIpc) is 3.71. The van der Waals surface area contributed by atoms with Crippen LogP contribution in [-0.4, -0.2) is 124 Å². The largest absolute Gasteiger partial charge is 0.459 e. The van der Waals surface area contributed by atoms with Gasteiger partial charge in [0.15, 0.2) is 49.2 Å². The number of hydrogen-bond donors (Lipinski definition) is 0. The van der Waals surface area contributed by atoms with Gasteiger partial charge < -0.3 is 52.1 Å². The molecule has 80 heavy (non-hydrogen) atoms. The third-order valence-electron chi connectivity index (χ3n) is 12.7. The molecule has 9 rings (SSSR count). The second kappa shape index (κ2) is 26.8. The Morgan fingerprint density at radius 2 is 0.537 bits per heavy atom. The van der Waals surface area contributed by atoms with Crippen LogP contribution in [0, 0.1) is 0 Å². The highest BCUT2D eigenvalue weighted by molar-refractivity contribution is 5.93. The van der Waals surface area contributed by atoms with Gasteiger partial charge in [-0.15, -0.1) is 0 Å². The Kier molecular flexibility index (Phi) is 18.6. The maximum absolute atomic E-state index is 14.3. The predicted molar refractivity (Wildman–Crippen MR) is 281 cm³/mol. The second-order valence-corrected chi connectivity index (χ2v) is 18.0. The van der Waals surface area contributed by atoms with Crippen molar-refractivity contribution in [2.24, 2.45) is 0 Å². The second-order valence-electron chi connectivity index (χ2n) is 18.0. The molecule has 2 aliphatic rings. The zero-order chi connectivity index (χ0) is 55.8. The van der Waals surface area contributed by atoms with E-state index < -0.39 is 116 Å². The van der Waals surface area contributed by atoms with Gasteiger partial charge in [0.2, 0.25) is 0 Å². The number of carbonyl (C=O) groups is 7. The van der Waals surface area contributed by atoms with Crippen LogP contribution in [0.15, 0.2) is 212 Å². The van der Waals surface area contributed by atoms with Crippen LogP contribution >= 0.6 is 0 Å². The average molecular weight is 1090 g/mol. The van der Waals surface area contributed by atoms with E-state index in [1.807, 2.05) is 0 Å². The molecule has 408 valence electrons. The minimum absolute atomic E-state index is 0.0433. The van der Waals surface area contributed by atoms with Crippen LogP contribution in [0.4, 0.5) is 0 Å². The molecular formula is C62H52O18. The van der Waals surface area contributed by atoms with Crippen molar-refractivity contribution in [1.82, 2.24) is 0 Å². The van der Waals surface area contributed by atoms with Gasteiger partial charge in [-0.05, 0) is 84.9 Å². The predicted octanol–water partition coefficient (Wildman–Crippen LogP) is 8.31. The molecule has 0 radical (unpaired) electrons. The molecule has 2 fully saturated rings. The molecular weight excluding hydrogens is 1030 g/mol. The number of ether oxygens (including phenoxy) is 11. The molecule has 0 bridgehead atoms. The third-order valence-corrected chi connectivity index (χ3v) is 12.7. The molecule has 0 aliphatic carbocycles. The Hall–Kier alpha value is -9.33. The molecule has 2 aliphatic heterocycles. The first-order valence-electron chi connectivity index (χ1n) is 25.3. The zero-order valence-electron chi connectivity index (χ0n) is 42.7. The minimum Gasteiger partial charge on any atom is -0.459 e. The normalized spacial score (nSPS) is 22.3. The SMILES string of the molecule is CO[C@H]1O[C@H](CO[C@@H]2O[C@H](COC(=O)c3ccccc3)[C@@H](OC(=O)c3ccccc3)[C@H](OC(=O)c3ccccc3)[C@H]2OC(=O)c2ccccc2)[C@@H](OC(=O)c2ccccc2)[C@H](OC(=O)c2ccccc2)[C@H]1OC(=O)c1ccccc1. The van der Waals surface area contributed by atoms with E-state index in [0.29, 0.717) is 0 Å². The topological polar surface area (TPSA) is 221 Å². The van der Waals surface area contributed by atoms with Gasteiger partial charge in [-0.2, -0.15) is 0 Å². The molecule has 18 heteroatoms. The van der Waals surface area contributed by atoms with Gasteiger partial charge in [0.25, 0.3) is 0 Å². The molecule has 2 saturated heterocycles. The van der Waals surface area contributed by atoms with Crippen LogP contribution in [0.25, 0.3) is 0 Å². The van der Waals surface area contributed by atoms with Gasteiger partial charge in [-0.25, -0.2) is 33.6 Å². The van der Waals surface area contributed by atoms with Crippen LogP contribution in [0.3, 0.4) is 0 Å². The molecule has 0 unspecified atom stereocenters. The highest BCUT2D eigenvalue weighted by Crippen LogP contribution is 2.35. The minimum atomic E-state index is -1.86. The van der Waals surface area contributed by atoms with Crippen molar-refractivity contribution >= 4 is 41.8 Å². The molecule has 10 atom stereocenters. The van der Waals surface area contributed by atoms with Crippen molar-refractivity contribution in [2.75, 3.05) is 20.3 Å². The van der Waals surface area contributed by atoms with Crippen LogP contribution in [-0.2, 0) is 52.1 Å². The molecule has 7 aromatic carbocycles. The number of rotatable bonds is 19. The van der Waals surface area contributed by atoms with E-state index in [2.05, 4.69) is 0 Å². The Morgan fingerprint density at radius 3 is 0.838 bits per heavy atom. The number of hydrogen-bond acceptors (Lipinski definition) is 18. The van der Waals surface area contributed by atoms with Gasteiger partial charge in [-0.3, -0.25) is 0 Å². The monoisotopic (exact) mass is 1080 g/mol. The summed E-state index contributed by atoms with van der Waals surface area (Å²) in [7, 11) is 1.24. The number of carbonyl (C=O) groups excluding carboxylic acids is 7.